The first-order valence-electron chi connectivity index (χ1n) is 8.50. The quantitative estimate of drug-likeness (QED) is 0.768. The van der Waals surface area contributed by atoms with E-state index in [0.29, 0.717) is 25.4 Å². The Bertz CT molecular complexity index is 555. The fourth-order valence-electron chi connectivity index (χ4n) is 3.19. The van der Waals surface area contributed by atoms with Crippen molar-refractivity contribution in [3.05, 3.63) is 24.0 Å². The average Bonchev–Trinajstić information content (AvgIpc) is 2.53. The molecule has 1 saturated heterocycles. The van der Waals surface area contributed by atoms with Crippen molar-refractivity contribution in [1.82, 2.24) is 4.90 Å². The molecule has 2 rings (SSSR count). The Kier molecular flexibility index (Phi) is 6.29. The molecule has 0 radical (unpaired) electrons. The summed E-state index contributed by atoms with van der Waals surface area (Å²) in [7, 11) is 1.52. The fourth-order valence-corrected chi connectivity index (χ4v) is 3.19. The van der Waals surface area contributed by atoms with Crippen LogP contribution < -0.4 is 9.64 Å². The summed E-state index contributed by atoms with van der Waals surface area (Å²) in [6.07, 6.45) is 1.61. The second-order valence-corrected chi connectivity index (χ2v) is 6.33. The van der Waals surface area contributed by atoms with Gasteiger partial charge in [0.25, 0.3) is 0 Å². The maximum Gasteiger partial charge on any atom is 0.409 e. The van der Waals surface area contributed by atoms with Crippen LogP contribution in [-0.2, 0) is 4.74 Å². The van der Waals surface area contributed by atoms with Crippen molar-refractivity contribution in [1.29, 1.82) is 0 Å². The molecule has 5 nitrogen and oxygen atoms in total. The van der Waals surface area contributed by atoms with Gasteiger partial charge in [-0.1, -0.05) is 13.3 Å². The summed E-state index contributed by atoms with van der Waals surface area (Å²) in [5.74, 6) is 0.163. The van der Waals surface area contributed by atoms with Crippen LogP contribution in [0.15, 0.2) is 18.2 Å². The van der Waals surface area contributed by atoms with Gasteiger partial charge in [0.1, 0.15) is 11.6 Å². The van der Waals surface area contributed by atoms with Gasteiger partial charge in [-0.05, 0) is 26.3 Å². The van der Waals surface area contributed by atoms with Crippen molar-refractivity contribution in [2.45, 2.75) is 45.7 Å². The third kappa shape index (κ3) is 4.30. The maximum atomic E-state index is 13.8. The molecule has 1 aliphatic rings. The lowest BCUT2D eigenvalue weighted by Crippen LogP contribution is -2.58. The molecule has 1 aliphatic heterocycles. The highest BCUT2D eigenvalue weighted by atomic mass is 19.1. The van der Waals surface area contributed by atoms with Gasteiger partial charge in [-0.15, -0.1) is 0 Å². The van der Waals surface area contributed by atoms with Crippen LogP contribution in [0.2, 0.25) is 0 Å². The number of piperazine rings is 1. The first kappa shape index (κ1) is 18.4. The molecule has 1 aromatic carbocycles. The molecule has 0 aromatic heterocycles. The lowest BCUT2D eigenvalue weighted by atomic mass is 10.1. The number of benzene rings is 1. The van der Waals surface area contributed by atoms with Crippen molar-refractivity contribution in [3.63, 3.8) is 0 Å². The SMILES string of the molecule is CCCCOC(=O)N1C[C@@H](C)N(c2cc(F)cc(OC)c2)[C@H](C)C1. The summed E-state index contributed by atoms with van der Waals surface area (Å²) < 4.78 is 24.3. The summed E-state index contributed by atoms with van der Waals surface area (Å²) in [4.78, 5) is 16.0. The highest BCUT2D eigenvalue weighted by Gasteiger charge is 2.33. The van der Waals surface area contributed by atoms with E-state index in [1.807, 2.05) is 19.9 Å². The molecule has 1 amide bonds. The van der Waals surface area contributed by atoms with Crippen molar-refractivity contribution in [2.24, 2.45) is 0 Å². The molecule has 0 N–H and O–H groups in total. The minimum atomic E-state index is -0.329. The highest BCUT2D eigenvalue weighted by Crippen LogP contribution is 2.29. The zero-order valence-electron chi connectivity index (χ0n) is 14.9. The highest BCUT2D eigenvalue weighted by molar-refractivity contribution is 5.68. The smallest absolute Gasteiger partial charge is 0.409 e. The molecule has 1 aromatic rings. The number of carbonyl (C=O) groups is 1. The van der Waals surface area contributed by atoms with Crippen LogP contribution in [0.5, 0.6) is 5.75 Å². The van der Waals surface area contributed by atoms with Gasteiger partial charge in [0.05, 0.1) is 13.7 Å². The summed E-state index contributed by atoms with van der Waals surface area (Å²) in [6.45, 7) is 7.67. The number of hydrogen-bond donors (Lipinski definition) is 0. The van der Waals surface area contributed by atoms with E-state index < -0.39 is 0 Å². The Morgan fingerprint density at radius 3 is 2.50 bits per heavy atom. The molecule has 0 aliphatic carbocycles. The van der Waals surface area contributed by atoms with Crippen molar-refractivity contribution >= 4 is 11.8 Å². The minimum Gasteiger partial charge on any atom is -0.497 e. The number of unbranched alkanes of at least 4 members (excludes halogenated alkanes) is 1. The fraction of sp³-hybridized carbons (Fsp3) is 0.611. The minimum absolute atomic E-state index is 0.0546. The molecule has 0 bridgehead atoms. The summed E-state index contributed by atoms with van der Waals surface area (Å²) in [5, 5.41) is 0. The van der Waals surface area contributed by atoms with E-state index in [2.05, 4.69) is 11.8 Å². The Balaban J connectivity index is 2.08. The second-order valence-electron chi connectivity index (χ2n) is 6.33. The number of methoxy groups -OCH3 is 1. The molecule has 0 saturated carbocycles. The first-order valence-corrected chi connectivity index (χ1v) is 8.50. The second kappa shape index (κ2) is 8.22. The number of hydrogen-bond acceptors (Lipinski definition) is 4. The third-order valence-electron chi connectivity index (χ3n) is 4.29. The van der Waals surface area contributed by atoms with Gasteiger partial charge in [-0.25, -0.2) is 9.18 Å². The van der Waals surface area contributed by atoms with Crippen LogP contribution >= 0.6 is 0 Å². The van der Waals surface area contributed by atoms with E-state index in [1.165, 1.54) is 19.2 Å². The lowest BCUT2D eigenvalue weighted by Gasteiger charge is -2.45. The molecular formula is C18H27FN2O3. The van der Waals surface area contributed by atoms with Crippen LogP contribution in [0.1, 0.15) is 33.6 Å². The number of nitrogens with zero attached hydrogens (tertiary/aromatic N) is 2. The zero-order valence-corrected chi connectivity index (χ0v) is 14.9. The topological polar surface area (TPSA) is 42.0 Å². The van der Waals surface area contributed by atoms with Gasteiger partial charge in [0.15, 0.2) is 0 Å². The Morgan fingerprint density at radius 1 is 1.25 bits per heavy atom. The van der Waals surface area contributed by atoms with Gasteiger partial charge in [-0.3, -0.25) is 0 Å². The van der Waals surface area contributed by atoms with Crippen LogP contribution in [-0.4, -0.2) is 49.9 Å². The van der Waals surface area contributed by atoms with Gasteiger partial charge < -0.3 is 19.3 Å². The van der Waals surface area contributed by atoms with Crippen LogP contribution in [0, 0.1) is 5.82 Å². The van der Waals surface area contributed by atoms with E-state index in [0.717, 1.165) is 18.5 Å². The van der Waals surface area contributed by atoms with Crippen LogP contribution in [0.4, 0.5) is 14.9 Å². The maximum absolute atomic E-state index is 13.8. The largest absolute Gasteiger partial charge is 0.497 e. The Labute approximate surface area is 143 Å². The standard InChI is InChI=1S/C18H27FN2O3/c1-5-6-7-24-18(22)20-11-13(2)21(14(3)12-20)16-8-15(19)9-17(10-16)23-4/h8-10,13-14H,5-7,11-12H2,1-4H3/t13-,14-/m1/s1. The molecule has 1 heterocycles. The predicted molar refractivity (Wildman–Crippen MR) is 92.2 cm³/mol. The van der Waals surface area contributed by atoms with Gasteiger partial charge in [0.2, 0.25) is 0 Å². The number of rotatable bonds is 5. The number of amides is 1. The van der Waals surface area contributed by atoms with Crippen molar-refractivity contribution < 1.29 is 18.7 Å². The monoisotopic (exact) mass is 338 g/mol. The van der Waals surface area contributed by atoms with E-state index >= 15 is 0 Å². The molecule has 134 valence electrons. The normalized spacial score (nSPS) is 20.9. The van der Waals surface area contributed by atoms with Gasteiger partial charge in [-0.2, -0.15) is 0 Å². The van der Waals surface area contributed by atoms with Crippen LogP contribution in [0.25, 0.3) is 0 Å². The number of anilines is 1. The Hall–Kier alpha value is -1.98. The van der Waals surface area contributed by atoms with Gasteiger partial charge in [0, 0.05) is 43.0 Å². The number of ether oxygens (including phenoxy) is 2. The predicted octanol–water partition coefficient (Wildman–Crippen LogP) is 3.67. The Morgan fingerprint density at radius 2 is 1.92 bits per heavy atom. The van der Waals surface area contributed by atoms with E-state index in [9.17, 15) is 9.18 Å². The third-order valence-corrected chi connectivity index (χ3v) is 4.29. The van der Waals surface area contributed by atoms with E-state index in [4.69, 9.17) is 9.47 Å². The molecule has 0 spiro atoms. The summed E-state index contributed by atoms with van der Waals surface area (Å²) in [6, 6.07) is 4.80. The summed E-state index contributed by atoms with van der Waals surface area (Å²) >= 11 is 0. The summed E-state index contributed by atoms with van der Waals surface area (Å²) in [5.41, 5.74) is 0.769. The van der Waals surface area contributed by atoms with Crippen LogP contribution in [0.3, 0.4) is 0 Å². The van der Waals surface area contributed by atoms with E-state index in [1.54, 1.807) is 4.90 Å². The molecule has 2 atom stereocenters. The van der Waals surface area contributed by atoms with Crippen molar-refractivity contribution in [2.75, 3.05) is 31.7 Å². The molecule has 0 unspecified atom stereocenters. The molecule has 6 heteroatoms. The molecular weight excluding hydrogens is 311 g/mol. The molecule has 24 heavy (non-hydrogen) atoms. The zero-order chi connectivity index (χ0) is 17.7. The van der Waals surface area contributed by atoms with Crippen molar-refractivity contribution in [3.8, 4) is 5.75 Å². The molecule has 1 fully saturated rings. The van der Waals surface area contributed by atoms with Gasteiger partial charge >= 0.3 is 6.09 Å². The average molecular weight is 338 g/mol. The lowest BCUT2D eigenvalue weighted by molar-refractivity contribution is 0.0891. The number of carbonyl (C=O) groups excluding carboxylic acids is 1. The first-order chi connectivity index (χ1) is 11.5. The van der Waals surface area contributed by atoms with E-state index in [-0.39, 0.29) is 24.0 Å². The number of halogens is 1.